The van der Waals surface area contributed by atoms with Crippen LogP contribution in [0.25, 0.3) is 6.08 Å². The van der Waals surface area contributed by atoms with Crippen LogP contribution in [0.5, 0.6) is 11.6 Å². The number of hydrogen-bond donors (Lipinski definition) is 3. The summed E-state index contributed by atoms with van der Waals surface area (Å²) in [5.41, 5.74) is 1.31. The van der Waals surface area contributed by atoms with E-state index in [0.717, 1.165) is 11.3 Å². The second kappa shape index (κ2) is 11.2. The molecule has 1 amide bonds. The van der Waals surface area contributed by atoms with Gasteiger partial charge in [-0.05, 0) is 60.3 Å². The number of ether oxygens (including phenoxy) is 2. The number of carbonyl (C=O) groups is 1. The van der Waals surface area contributed by atoms with E-state index in [9.17, 15) is 13.2 Å². The van der Waals surface area contributed by atoms with Crippen LogP contribution in [0.1, 0.15) is 5.56 Å². The fourth-order valence-corrected chi connectivity index (χ4v) is 3.84. The van der Waals surface area contributed by atoms with E-state index in [-0.39, 0.29) is 21.7 Å². The Morgan fingerprint density at radius 3 is 2.35 bits per heavy atom. The Morgan fingerprint density at radius 2 is 1.71 bits per heavy atom. The van der Waals surface area contributed by atoms with Crippen LogP contribution in [-0.4, -0.2) is 43.6 Å². The molecule has 0 unspecified atom stereocenters. The average Bonchev–Trinajstić information content (AvgIpc) is 2.83. The topological polar surface area (TPSA) is 132 Å². The van der Waals surface area contributed by atoms with Crippen molar-refractivity contribution in [3.05, 3.63) is 72.6 Å². The second-order valence-electron chi connectivity index (χ2n) is 6.63. The number of amides is 1. The molecule has 1 heterocycles. The summed E-state index contributed by atoms with van der Waals surface area (Å²) < 4.78 is 37.5. The highest BCUT2D eigenvalue weighted by Crippen LogP contribution is 2.19. The van der Waals surface area contributed by atoms with Crippen molar-refractivity contribution < 1.29 is 22.7 Å². The minimum Gasteiger partial charge on any atom is -0.497 e. The summed E-state index contributed by atoms with van der Waals surface area (Å²) in [6, 6.07) is 14.4. The van der Waals surface area contributed by atoms with Gasteiger partial charge in [0.05, 0.1) is 19.1 Å². The van der Waals surface area contributed by atoms with Crippen molar-refractivity contribution in [2.24, 2.45) is 0 Å². The molecule has 0 aliphatic rings. The standard InChI is InChI=1S/C22H21N5O5S2/c1-31-17-8-3-15(4-9-17)5-12-20(28)26-22(33)25-16-6-10-18(11-7-16)34(29,30)27-19-13-21(32-2)24-14-23-19/h3-14H,1-2H3,(H,23,24,27)(H2,25,26,28,33)/b12-5+. The van der Waals surface area contributed by atoms with Crippen molar-refractivity contribution in [3.63, 3.8) is 0 Å². The summed E-state index contributed by atoms with van der Waals surface area (Å²) >= 11 is 5.14. The Kier molecular flexibility index (Phi) is 8.11. The third-order valence-corrected chi connectivity index (χ3v) is 5.87. The maximum absolute atomic E-state index is 12.6. The van der Waals surface area contributed by atoms with Crippen LogP contribution < -0.4 is 24.8 Å². The van der Waals surface area contributed by atoms with Crippen LogP contribution in [0, 0.1) is 0 Å². The maximum atomic E-state index is 12.6. The summed E-state index contributed by atoms with van der Waals surface area (Å²) in [5, 5.41) is 5.41. The highest BCUT2D eigenvalue weighted by molar-refractivity contribution is 7.92. The molecule has 3 rings (SSSR count). The number of aromatic nitrogens is 2. The molecular weight excluding hydrogens is 478 g/mol. The summed E-state index contributed by atoms with van der Waals surface area (Å²) in [6.07, 6.45) is 4.17. The molecule has 0 atom stereocenters. The lowest BCUT2D eigenvalue weighted by Gasteiger charge is -2.10. The number of rotatable bonds is 8. The Bertz CT molecular complexity index is 1290. The number of nitrogens with zero attached hydrogens (tertiary/aromatic N) is 2. The van der Waals surface area contributed by atoms with Crippen molar-refractivity contribution in [3.8, 4) is 11.6 Å². The number of methoxy groups -OCH3 is 2. The molecular formula is C22H21N5O5S2. The lowest BCUT2D eigenvalue weighted by atomic mass is 10.2. The van der Waals surface area contributed by atoms with E-state index in [2.05, 4.69) is 25.3 Å². The molecule has 0 aliphatic heterocycles. The first-order valence-corrected chi connectivity index (χ1v) is 11.6. The number of thiocarbonyl (C=S) groups is 1. The van der Waals surface area contributed by atoms with Gasteiger partial charge in [0.1, 0.15) is 17.9 Å². The molecule has 0 saturated heterocycles. The Balaban J connectivity index is 1.56. The van der Waals surface area contributed by atoms with Gasteiger partial charge in [-0.1, -0.05) is 12.1 Å². The van der Waals surface area contributed by atoms with Crippen LogP contribution in [0.2, 0.25) is 0 Å². The first-order chi connectivity index (χ1) is 16.3. The molecule has 34 heavy (non-hydrogen) atoms. The molecule has 0 bridgehead atoms. The van der Waals surface area contributed by atoms with E-state index in [1.807, 2.05) is 12.1 Å². The minimum absolute atomic E-state index is 0.00741. The molecule has 10 nitrogen and oxygen atoms in total. The van der Waals surface area contributed by atoms with E-state index in [0.29, 0.717) is 5.69 Å². The van der Waals surface area contributed by atoms with Crippen molar-refractivity contribution >= 4 is 50.8 Å². The van der Waals surface area contributed by atoms with E-state index in [1.54, 1.807) is 25.3 Å². The van der Waals surface area contributed by atoms with Gasteiger partial charge < -0.3 is 14.8 Å². The normalized spacial score (nSPS) is 11.0. The van der Waals surface area contributed by atoms with Gasteiger partial charge in [0, 0.05) is 17.8 Å². The first-order valence-electron chi connectivity index (χ1n) is 9.72. The van der Waals surface area contributed by atoms with Gasteiger partial charge in [0.25, 0.3) is 10.0 Å². The lowest BCUT2D eigenvalue weighted by molar-refractivity contribution is -0.115. The summed E-state index contributed by atoms with van der Waals surface area (Å²) in [4.78, 5) is 19.8. The third-order valence-electron chi connectivity index (χ3n) is 4.29. The molecule has 12 heteroatoms. The summed E-state index contributed by atoms with van der Waals surface area (Å²) in [7, 11) is -0.894. The van der Waals surface area contributed by atoms with E-state index >= 15 is 0 Å². The Labute approximate surface area is 202 Å². The molecule has 0 aliphatic carbocycles. The quantitative estimate of drug-likeness (QED) is 0.316. The van der Waals surface area contributed by atoms with Crippen LogP contribution in [0.4, 0.5) is 11.5 Å². The fourth-order valence-electron chi connectivity index (χ4n) is 2.62. The van der Waals surface area contributed by atoms with Gasteiger partial charge in [-0.25, -0.2) is 18.4 Å². The van der Waals surface area contributed by atoms with Gasteiger partial charge in [0.2, 0.25) is 11.8 Å². The van der Waals surface area contributed by atoms with Gasteiger partial charge in [0.15, 0.2) is 5.11 Å². The van der Waals surface area contributed by atoms with Crippen LogP contribution in [0.3, 0.4) is 0 Å². The number of benzene rings is 2. The first kappa shape index (κ1) is 24.6. The number of carbonyl (C=O) groups excluding carboxylic acids is 1. The van der Waals surface area contributed by atoms with Crippen molar-refractivity contribution in [2.75, 3.05) is 24.3 Å². The second-order valence-corrected chi connectivity index (χ2v) is 8.72. The smallest absolute Gasteiger partial charge is 0.263 e. The zero-order valence-electron chi connectivity index (χ0n) is 18.2. The average molecular weight is 500 g/mol. The third kappa shape index (κ3) is 6.98. The molecule has 3 aromatic rings. The van der Waals surface area contributed by atoms with Gasteiger partial charge >= 0.3 is 0 Å². The number of hydrogen-bond acceptors (Lipinski definition) is 8. The van der Waals surface area contributed by atoms with Crippen molar-refractivity contribution in [1.82, 2.24) is 15.3 Å². The predicted molar refractivity (Wildman–Crippen MR) is 132 cm³/mol. The molecule has 0 spiro atoms. The number of anilines is 2. The summed E-state index contributed by atoms with van der Waals surface area (Å²) in [6.45, 7) is 0. The molecule has 3 N–H and O–H groups in total. The van der Waals surface area contributed by atoms with E-state index in [4.69, 9.17) is 21.7 Å². The largest absolute Gasteiger partial charge is 0.497 e. The van der Waals surface area contributed by atoms with Gasteiger partial charge in [-0.15, -0.1) is 0 Å². The van der Waals surface area contributed by atoms with Crippen molar-refractivity contribution in [1.29, 1.82) is 0 Å². The highest BCUT2D eigenvalue weighted by atomic mass is 32.2. The SMILES string of the molecule is COc1ccc(/C=C/C(=O)NC(=S)Nc2ccc(S(=O)(=O)Nc3cc(OC)ncn3)cc2)cc1. The maximum Gasteiger partial charge on any atom is 0.263 e. The summed E-state index contributed by atoms with van der Waals surface area (Å²) in [5.74, 6) is 0.593. The van der Waals surface area contributed by atoms with Crippen molar-refractivity contribution in [2.45, 2.75) is 4.90 Å². The Hall–Kier alpha value is -4.03. The van der Waals surface area contributed by atoms with Crippen LogP contribution >= 0.6 is 12.2 Å². The molecule has 0 fully saturated rings. The monoisotopic (exact) mass is 499 g/mol. The zero-order chi connectivity index (χ0) is 24.6. The van der Waals surface area contributed by atoms with Crippen LogP contribution in [0.15, 0.2) is 71.9 Å². The highest BCUT2D eigenvalue weighted by Gasteiger charge is 2.15. The molecule has 2 aromatic carbocycles. The Morgan fingerprint density at radius 1 is 1.00 bits per heavy atom. The van der Waals surface area contributed by atoms with Gasteiger partial charge in [-0.3, -0.25) is 14.8 Å². The fraction of sp³-hybridized carbons (Fsp3) is 0.0909. The van der Waals surface area contributed by atoms with E-state index < -0.39 is 15.9 Å². The molecule has 0 radical (unpaired) electrons. The predicted octanol–water partition coefficient (Wildman–Crippen LogP) is 2.82. The zero-order valence-corrected chi connectivity index (χ0v) is 19.8. The lowest BCUT2D eigenvalue weighted by Crippen LogP contribution is -2.32. The number of sulfonamides is 1. The minimum atomic E-state index is -3.88. The number of nitrogens with one attached hydrogen (secondary N) is 3. The molecule has 0 saturated carbocycles. The van der Waals surface area contributed by atoms with E-state index in [1.165, 1.54) is 49.8 Å². The molecule has 176 valence electrons. The van der Waals surface area contributed by atoms with Gasteiger partial charge in [-0.2, -0.15) is 0 Å². The van der Waals surface area contributed by atoms with Crippen LogP contribution in [-0.2, 0) is 14.8 Å². The molecule has 1 aromatic heterocycles.